The van der Waals surface area contributed by atoms with Gasteiger partial charge in [-0.3, -0.25) is 14.6 Å². The highest BCUT2D eigenvalue weighted by atomic mass is 35.5. The molecule has 2 heterocycles. The molecule has 1 aromatic carbocycles. The van der Waals surface area contributed by atoms with Crippen molar-refractivity contribution in [1.29, 1.82) is 0 Å². The van der Waals surface area contributed by atoms with Crippen LogP contribution in [0.25, 0.3) is 0 Å². The van der Waals surface area contributed by atoms with E-state index in [4.69, 9.17) is 21.1 Å². The second kappa shape index (κ2) is 7.31. The van der Waals surface area contributed by atoms with Crippen molar-refractivity contribution in [3.05, 3.63) is 29.3 Å². The lowest BCUT2D eigenvalue weighted by molar-refractivity contribution is -0.142. The molecule has 120 valence electrons. The molecular weight excluding hydrogens is 304 g/mol. The van der Waals surface area contributed by atoms with Gasteiger partial charge in [0.15, 0.2) is 0 Å². The van der Waals surface area contributed by atoms with E-state index in [1.54, 1.807) is 0 Å². The normalized spacial score (nSPS) is 23.5. The molecule has 0 radical (unpaired) electrons. The van der Waals surface area contributed by atoms with Gasteiger partial charge in [-0.15, -0.1) is 0 Å². The van der Waals surface area contributed by atoms with Crippen LogP contribution in [-0.2, 0) is 9.53 Å². The minimum absolute atomic E-state index is 0.0264. The number of rotatable bonds is 5. The summed E-state index contributed by atoms with van der Waals surface area (Å²) in [6.45, 7) is 5.78. The van der Waals surface area contributed by atoms with Gasteiger partial charge in [0.1, 0.15) is 18.4 Å². The Balaban J connectivity index is 1.39. The molecule has 0 amide bonds. The van der Waals surface area contributed by atoms with Crippen molar-refractivity contribution in [3.8, 4) is 5.75 Å². The fourth-order valence-electron chi connectivity index (χ4n) is 2.96. The van der Waals surface area contributed by atoms with Gasteiger partial charge >= 0.3 is 5.97 Å². The molecule has 2 aliphatic rings. The predicted octanol–water partition coefficient (Wildman–Crippen LogP) is 1.65. The maximum absolute atomic E-state index is 11.6. The second-order valence-corrected chi connectivity index (χ2v) is 6.04. The number of ether oxygens (including phenoxy) is 2. The van der Waals surface area contributed by atoms with Gasteiger partial charge < -0.3 is 9.47 Å². The summed E-state index contributed by atoms with van der Waals surface area (Å²) in [6, 6.07) is 7.49. The van der Waals surface area contributed by atoms with Crippen molar-refractivity contribution < 1.29 is 14.3 Å². The molecule has 0 unspecified atom stereocenters. The number of carbonyl (C=O) groups is 1. The third-order valence-corrected chi connectivity index (χ3v) is 4.57. The molecule has 5 nitrogen and oxygen atoms in total. The van der Waals surface area contributed by atoms with Crippen molar-refractivity contribution >= 4 is 17.6 Å². The van der Waals surface area contributed by atoms with E-state index >= 15 is 0 Å². The highest BCUT2D eigenvalue weighted by molar-refractivity contribution is 6.32. The van der Waals surface area contributed by atoms with Crippen LogP contribution in [0.4, 0.5) is 0 Å². The van der Waals surface area contributed by atoms with Crippen LogP contribution in [0, 0.1) is 0 Å². The topological polar surface area (TPSA) is 42.0 Å². The van der Waals surface area contributed by atoms with Crippen molar-refractivity contribution in [3.63, 3.8) is 0 Å². The van der Waals surface area contributed by atoms with Gasteiger partial charge in [0, 0.05) is 39.1 Å². The minimum Gasteiger partial charge on any atom is -0.491 e. The van der Waals surface area contributed by atoms with Crippen LogP contribution in [0.3, 0.4) is 0 Å². The van der Waals surface area contributed by atoms with Gasteiger partial charge in [-0.1, -0.05) is 23.7 Å². The summed E-state index contributed by atoms with van der Waals surface area (Å²) in [6.07, 6.45) is 0.828. The van der Waals surface area contributed by atoms with E-state index in [1.807, 2.05) is 24.3 Å². The fourth-order valence-corrected chi connectivity index (χ4v) is 3.15. The van der Waals surface area contributed by atoms with Gasteiger partial charge in [0.05, 0.1) is 11.6 Å². The molecular formula is C16H21ClN2O3. The molecule has 2 saturated heterocycles. The molecule has 1 atom stereocenters. The quantitative estimate of drug-likeness (QED) is 0.770. The Kier molecular flexibility index (Phi) is 5.18. The molecule has 0 aliphatic carbocycles. The lowest BCUT2D eigenvalue weighted by Gasteiger charge is -2.36. The number of halogens is 1. The summed E-state index contributed by atoms with van der Waals surface area (Å²) >= 11 is 6.06. The number of cyclic esters (lactones) is 1. The van der Waals surface area contributed by atoms with Gasteiger partial charge in [0.25, 0.3) is 0 Å². The van der Waals surface area contributed by atoms with Crippen LogP contribution in [0.2, 0.25) is 5.02 Å². The van der Waals surface area contributed by atoms with Crippen LogP contribution in [0.5, 0.6) is 5.75 Å². The highest BCUT2D eigenvalue weighted by Crippen LogP contribution is 2.23. The molecule has 0 N–H and O–H groups in total. The van der Waals surface area contributed by atoms with Crippen LogP contribution in [0.1, 0.15) is 6.42 Å². The number of para-hydroxylation sites is 1. The zero-order valence-corrected chi connectivity index (χ0v) is 13.3. The first kappa shape index (κ1) is 15.6. The largest absolute Gasteiger partial charge is 0.491 e. The zero-order valence-electron chi connectivity index (χ0n) is 12.5. The van der Waals surface area contributed by atoms with Gasteiger partial charge in [-0.25, -0.2) is 0 Å². The van der Waals surface area contributed by atoms with Gasteiger partial charge in [-0.2, -0.15) is 0 Å². The Hall–Kier alpha value is -1.30. The number of hydrogen-bond donors (Lipinski definition) is 0. The number of esters is 1. The average molecular weight is 325 g/mol. The first-order valence-corrected chi connectivity index (χ1v) is 8.12. The monoisotopic (exact) mass is 324 g/mol. The maximum atomic E-state index is 11.6. The Labute approximate surface area is 135 Å². The summed E-state index contributed by atoms with van der Waals surface area (Å²) in [4.78, 5) is 16.2. The first-order valence-electron chi connectivity index (χ1n) is 7.74. The summed E-state index contributed by atoms with van der Waals surface area (Å²) in [7, 11) is 0. The summed E-state index contributed by atoms with van der Waals surface area (Å²) < 4.78 is 10.8. The average Bonchev–Trinajstić information content (AvgIpc) is 2.96. The third kappa shape index (κ3) is 3.72. The number of hydrogen-bond acceptors (Lipinski definition) is 5. The maximum Gasteiger partial charge on any atom is 0.323 e. The molecule has 1 aromatic rings. The third-order valence-electron chi connectivity index (χ3n) is 4.26. The molecule has 6 heteroatoms. The fraction of sp³-hybridized carbons (Fsp3) is 0.562. The van der Waals surface area contributed by atoms with Gasteiger partial charge in [0.2, 0.25) is 0 Å². The lowest BCUT2D eigenvalue weighted by Crippen LogP contribution is -2.52. The minimum atomic E-state index is -0.0597. The molecule has 22 heavy (non-hydrogen) atoms. The van der Waals surface area contributed by atoms with Crippen molar-refractivity contribution in [2.45, 2.75) is 12.5 Å². The van der Waals surface area contributed by atoms with Crippen LogP contribution in [0.15, 0.2) is 24.3 Å². The number of piperazine rings is 1. The smallest absolute Gasteiger partial charge is 0.323 e. The Morgan fingerprint density at radius 2 is 2.00 bits per heavy atom. The van der Waals surface area contributed by atoms with E-state index in [0.29, 0.717) is 18.2 Å². The SMILES string of the molecule is O=C1OCC[C@H]1N1CCN(CCOc2ccccc2Cl)CC1. The number of benzene rings is 1. The standard InChI is InChI=1S/C16H21ClN2O3/c17-13-3-1-2-4-15(13)21-12-10-18-6-8-19(9-7-18)14-5-11-22-16(14)20/h1-4,14H,5-12H2/t14-/m1/s1. The van der Waals surface area contributed by atoms with Crippen molar-refractivity contribution in [2.24, 2.45) is 0 Å². The van der Waals surface area contributed by atoms with Crippen molar-refractivity contribution in [1.82, 2.24) is 9.80 Å². The van der Waals surface area contributed by atoms with Crippen LogP contribution in [-0.4, -0.2) is 67.7 Å². The Bertz CT molecular complexity index is 518. The summed E-state index contributed by atoms with van der Waals surface area (Å²) in [5.41, 5.74) is 0. The van der Waals surface area contributed by atoms with E-state index in [9.17, 15) is 4.79 Å². The van der Waals surface area contributed by atoms with E-state index in [0.717, 1.165) is 44.9 Å². The number of carbonyl (C=O) groups excluding carboxylic acids is 1. The van der Waals surface area contributed by atoms with Crippen LogP contribution >= 0.6 is 11.6 Å². The van der Waals surface area contributed by atoms with E-state index in [2.05, 4.69) is 9.80 Å². The second-order valence-electron chi connectivity index (χ2n) is 5.63. The molecule has 0 saturated carbocycles. The first-order chi connectivity index (χ1) is 10.7. The van der Waals surface area contributed by atoms with Crippen molar-refractivity contribution in [2.75, 3.05) is 45.9 Å². The Morgan fingerprint density at radius 1 is 1.23 bits per heavy atom. The van der Waals surface area contributed by atoms with E-state index in [1.165, 1.54) is 0 Å². The molecule has 0 aromatic heterocycles. The molecule has 2 fully saturated rings. The zero-order chi connectivity index (χ0) is 15.4. The summed E-state index contributed by atoms with van der Waals surface area (Å²) in [5.74, 6) is 0.673. The molecule has 0 spiro atoms. The van der Waals surface area contributed by atoms with Gasteiger partial charge in [-0.05, 0) is 12.1 Å². The Morgan fingerprint density at radius 3 is 2.68 bits per heavy atom. The molecule has 3 rings (SSSR count). The van der Waals surface area contributed by atoms with Crippen LogP contribution < -0.4 is 4.74 Å². The molecule has 2 aliphatic heterocycles. The highest BCUT2D eigenvalue weighted by Gasteiger charge is 2.33. The lowest BCUT2D eigenvalue weighted by atomic mass is 10.2. The van der Waals surface area contributed by atoms with E-state index in [-0.39, 0.29) is 12.0 Å². The summed E-state index contributed by atoms with van der Waals surface area (Å²) in [5, 5.41) is 0.645. The predicted molar refractivity (Wildman–Crippen MR) is 84.3 cm³/mol. The number of nitrogens with zero attached hydrogens (tertiary/aromatic N) is 2. The van der Waals surface area contributed by atoms with E-state index < -0.39 is 0 Å². The molecule has 0 bridgehead atoms.